The second-order valence-corrected chi connectivity index (χ2v) is 14.6. The van der Waals surface area contributed by atoms with E-state index in [1.165, 1.54) is 14.2 Å². The van der Waals surface area contributed by atoms with Crippen molar-refractivity contribution in [1.29, 1.82) is 0 Å². The normalized spacial score (nSPS) is 19.3. The number of hydrogen-bond donors (Lipinski definition) is 5. The lowest BCUT2D eigenvalue weighted by Crippen LogP contribution is -2.53. The number of amides is 4. The number of carbonyl (C=O) groups is 4. The second-order valence-electron chi connectivity index (χ2n) is 14.6. The Bertz CT molecular complexity index is 1980. The maximum Gasteiger partial charge on any atom is 0.407 e. The van der Waals surface area contributed by atoms with Gasteiger partial charge in [0.1, 0.15) is 17.9 Å². The summed E-state index contributed by atoms with van der Waals surface area (Å²) in [6, 6.07) is 12.1. The van der Waals surface area contributed by atoms with Gasteiger partial charge in [0.25, 0.3) is 0 Å². The first-order valence-corrected chi connectivity index (χ1v) is 18.6. The molecule has 14 nitrogen and oxygen atoms in total. The number of benzene rings is 2. The van der Waals surface area contributed by atoms with E-state index in [2.05, 4.69) is 38.1 Å². The monoisotopic (exact) mass is 738 g/mol. The molecule has 3 aromatic rings. The SMILES string of the molecule is COC(=O)N[C@H](C(=O)N1CCC[C@H]1C1=C(c2ccc(C#Cc3ccc4[nH]c([C@@H]5CCCN5C(=O)[C@@H](NC(=O)OC)C(C)C)nc4c3)cc2)NCN1)C(C)C. The number of rotatable bonds is 9. The Balaban J connectivity index is 1.16. The molecular weight excluding hydrogens is 688 g/mol. The van der Waals surface area contributed by atoms with Gasteiger partial charge in [-0.1, -0.05) is 51.7 Å². The van der Waals surface area contributed by atoms with E-state index < -0.39 is 24.3 Å². The molecular formula is C40H50N8O6. The van der Waals surface area contributed by atoms with Gasteiger partial charge in [0.05, 0.1) is 55.4 Å². The molecule has 0 bridgehead atoms. The third-order valence-corrected chi connectivity index (χ3v) is 10.3. The average molecular weight is 739 g/mol. The van der Waals surface area contributed by atoms with Crippen LogP contribution in [0.3, 0.4) is 0 Å². The summed E-state index contributed by atoms with van der Waals surface area (Å²) in [5.41, 5.74) is 6.18. The molecule has 0 unspecified atom stereocenters. The fourth-order valence-corrected chi connectivity index (χ4v) is 7.48. The zero-order valence-corrected chi connectivity index (χ0v) is 31.7. The number of aromatic nitrogens is 2. The molecule has 4 amide bonds. The van der Waals surface area contributed by atoms with Crippen LogP contribution >= 0.6 is 0 Å². The molecule has 2 saturated heterocycles. The molecule has 0 radical (unpaired) electrons. The maximum atomic E-state index is 13.7. The molecule has 0 aliphatic carbocycles. The Morgan fingerprint density at radius 1 is 0.778 bits per heavy atom. The fourth-order valence-electron chi connectivity index (χ4n) is 7.48. The molecule has 54 heavy (non-hydrogen) atoms. The Kier molecular flexibility index (Phi) is 11.6. The number of likely N-dealkylation sites (tertiary alicyclic amines) is 2. The molecule has 2 aromatic carbocycles. The van der Waals surface area contributed by atoms with Crippen LogP contribution in [0.15, 0.2) is 48.2 Å². The van der Waals surface area contributed by atoms with Crippen molar-refractivity contribution < 1.29 is 28.7 Å². The minimum atomic E-state index is -0.697. The van der Waals surface area contributed by atoms with Gasteiger partial charge >= 0.3 is 12.2 Å². The van der Waals surface area contributed by atoms with E-state index in [0.29, 0.717) is 25.6 Å². The quantitative estimate of drug-likeness (QED) is 0.202. The number of imidazole rings is 1. The second kappa shape index (κ2) is 16.5. The van der Waals surface area contributed by atoms with Crippen LogP contribution in [-0.2, 0) is 19.1 Å². The fraction of sp³-hybridized carbons (Fsp3) is 0.475. The molecule has 4 heterocycles. The first kappa shape index (κ1) is 38.0. The third-order valence-electron chi connectivity index (χ3n) is 10.3. The summed E-state index contributed by atoms with van der Waals surface area (Å²) in [7, 11) is 2.58. The molecule has 1 aromatic heterocycles. The highest BCUT2D eigenvalue weighted by molar-refractivity contribution is 5.88. The number of methoxy groups -OCH3 is 2. The van der Waals surface area contributed by atoms with E-state index in [1.54, 1.807) is 4.90 Å². The number of ether oxygens (including phenoxy) is 2. The summed E-state index contributed by atoms with van der Waals surface area (Å²) in [5.74, 6) is 6.76. The molecule has 3 aliphatic rings. The van der Waals surface area contributed by atoms with Gasteiger partial charge in [-0.15, -0.1) is 0 Å². The van der Waals surface area contributed by atoms with E-state index >= 15 is 0 Å². The highest BCUT2D eigenvalue weighted by Gasteiger charge is 2.40. The Morgan fingerprint density at radius 3 is 1.93 bits per heavy atom. The van der Waals surface area contributed by atoms with Crippen LogP contribution in [-0.4, -0.2) is 95.9 Å². The van der Waals surface area contributed by atoms with Gasteiger partial charge in [0.2, 0.25) is 11.8 Å². The summed E-state index contributed by atoms with van der Waals surface area (Å²) in [6.07, 6.45) is 2.04. The van der Waals surface area contributed by atoms with Gasteiger partial charge in [-0.05, 0) is 73.4 Å². The van der Waals surface area contributed by atoms with Crippen LogP contribution in [0.2, 0.25) is 0 Å². The van der Waals surface area contributed by atoms with Crippen molar-refractivity contribution in [1.82, 2.24) is 41.0 Å². The average Bonchev–Trinajstić information content (AvgIpc) is 4.00. The van der Waals surface area contributed by atoms with Gasteiger partial charge in [0.15, 0.2) is 0 Å². The van der Waals surface area contributed by atoms with Crippen LogP contribution in [0.25, 0.3) is 16.7 Å². The van der Waals surface area contributed by atoms with Crippen LogP contribution in [0.5, 0.6) is 0 Å². The molecule has 286 valence electrons. The molecule has 0 spiro atoms. The number of hydrogen-bond acceptors (Lipinski definition) is 9. The van der Waals surface area contributed by atoms with Crippen molar-refractivity contribution >= 4 is 40.7 Å². The standard InChI is InChI=1S/C40H50N8O6/c1-23(2)32(45-39(51)53-5)37(49)47-19-7-9-30(47)35-34(41-22-42-35)27-16-13-25(14-17-27)11-12-26-15-18-28-29(21-26)44-36(43-28)31-10-8-20-48(31)38(50)33(24(3)4)46-40(52)54-6/h13-18,21,23-24,30-33,41-42H,7-10,19-20,22H2,1-6H3,(H,43,44)(H,45,51)(H,46,52)/t30-,31-,32-,33-/m0/s1. The first-order valence-electron chi connectivity index (χ1n) is 18.6. The number of aromatic amines is 1. The largest absolute Gasteiger partial charge is 0.453 e. The minimum Gasteiger partial charge on any atom is -0.453 e. The topological polar surface area (TPSA) is 170 Å². The van der Waals surface area contributed by atoms with E-state index in [-0.39, 0.29) is 35.7 Å². The van der Waals surface area contributed by atoms with Crippen LogP contribution in [0, 0.1) is 23.7 Å². The summed E-state index contributed by atoms with van der Waals surface area (Å²) >= 11 is 0. The Morgan fingerprint density at radius 2 is 1.33 bits per heavy atom. The van der Waals surface area contributed by atoms with E-state index in [0.717, 1.165) is 64.8 Å². The zero-order valence-electron chi connectivity index (χ0n) is 31.7. The number of carbonyl (C=O) groups excluding carboxylic acids is 4. The summed E-state index contributed by atoms with van der Waals surface area (Å²) in [4.78, 5) is 63.1. The lowest BCUT2D eigenvalue weighted by Gasteiger charge is -2.31. The lowest BCUT2D eigenvalue weighted by molar-refractivity contribution is -0.136. The first-order chi connectivity index (χ1) is 26.0. The number of nitrogens with one attached hydrogen (secondary N) is 5. The number of fused-ring (bicyclic) bond motifs is 1. The van der Waals surface area contributed by atoms with E-state index in [9.17, 15) is 19.2 Å². The number of alkyl carbamates (subject to hydrolysis) is 2. The Labute approximate surface area is 315 Å². The zero-order chi connectivity index (χ0) is 38.5. The van der Waals surface area contributed by atoms with Gasteiger partial charge in [-0.25, -0.2) is 14.6 Å². The Hall–Kier alpha value is -5.71. The minimum absolute atomic E-state index is 0.102. The molecule has 14 heteroatoms. The van der Waals surface area contributed by atoms with Crippen molar-refractivity contribution in [3.63, 3.8) is 0 Å². The van der Waals surface area contributed by atoms with Crippen molar-refractivity contribution in [3.05, 3.63) is 70.7 Å². The maximum absolute atomic E-state index is 13.7. The van der Waals surface area contributed by atoms with E-state index in [4.69, 9.17) is 14.5 Å². The van der Waals surface area contributed by atoms with Gasteiger partial charge in [0, 0.05) is 24.2 Å². The smallest absolute Gasteiger partial charge is 0.407 e. The van der Waals surface area contributed by atoms with Crippen LogP contribution < -0.4 is 21.3 Å². The number of H-pyrrole nitrogens is 1. The molecule has 0 saturated carbocycles. The summed E-state index contributed by atoms with van der Waals surface area (Å²) < 4.78 is 9.53. The van der Waals surface area contributed by atoms with Crippen molar-refractivity contribution in [2.45, 2.75) is 77.5 Å². The number of nitrogens with zero attached hydrogens (tertiary/aromatic N) is 3. The molecule has 2 fully saturated rings. The summed E-state index contributed by atoms with van der Waals surface area (Å²) in [6.45, 7) is 9.36. The predicted molar refractivity (Wildman–Crippen MR) is 203 cm³/mol. The van der Waals surface area contributed by atoms with Gasteiger partial charge in [-0.2, -0.15) is 0 Å². The van der Waals surface area contributed by atoms with Crippen molar-refractivity contribution in [2.75, 3.05) is 34.0 Å². The van der Waals surface area contributed by atoms with Gasteiger partial charge < -0.3 is 45.5 Å². The van der Waals surface area contributed by atoms with Crippen molar-refractivity contribution in [2.24, 2.45) is 11.8 Å². The van der Waals surface area contributed by atoms with E-state index in [1.807, 2.05) is 75.1 Å². The molecule has 5 N–H and O–H groups in total. The highest BCUT2D eigenvalue weighted by Crippen LogP contribution is 2.33. The summed E-state index contributed by atoms with van der Waals surface area (Å²) in [5, 5.41) is 12.3. The molecule has 4 atom stereocenters. The molecule has 6 rings (SSSR count). The highest BCUT2D eigenvalue weighted by atomic mass is 16.5. The van der Waals surface area contributed by atoms with Crippen molar-refractivity contribution in [3.8, 4) is 11.8 Å². The van der Waals surface area contributed by atoms with Crippen LogP contribution in [0.1, 0.15) is 81.9 Å². The van der Waals surface area contributed by atoms with Gasteiger partial charge in [-0.3, -0.25) is 9.59 Å². The third kappa shape index (κ3) is 8.10. The molecule has 3 aliphatic heterocycles. The van der Waals surface area contributed by atoms with Crippen LogP contribution in [0.4, 0.5) is 9.59 Å². The lowest BCUT2D eigenvalue weighted by atomic mass is 10.0. The predicted octanol–water partition coefficient (Wildman–Crippen LogP) is 4.20.